The largest absolute Gasteiger partial charge is 0.380 e. The van der Waals surface area contributed by atoms with E-state index in [2.05, 4.69) is 45.3 Å². The highest BCUT2D eigenvalue weighted by atomic mass is 35.5. The molecule has 5 heteroatoms. The van der Waals surface area contributed by atoms with Crippen molar-refractivity contribution in [3.63, 3.8) is 0 Å². The number of aliphatic hydroxyl groups is 1. The first-order valence-corrected chi connectivity index (χ1v) is 12.1. The summed E-state index contributed by atoms with van der Waals surface area (Å²) in [6, 6.07) is 5.30. The lowest BCUT2D eigenvalue weighted by Crippen LogP contribution is -2.44. The van der Waals surface area contributed by atoms with Gasteiger partial charge in [-0.15, -0.1) is 0 Å². The van der Waals surface area contributed by atoms with Crippen molar-refractivity contribution in [2.75, 3.05) is 11.8 Å². The van der Waals surface area contributed by atoms with Gasteiger partial charge >= 0.3 is 0 Å². The molecular formula is C28H41ClN2OS. The fraction of sp³-hybridized carbons (Fsp3) is 0.536. The van der Waals surface area contributed by atoms with E-state index in [1.807, 2.05) is 41.5 Å². The molecule has 0 radical (unpaired) electrons. The van der Waals surface area contributed by atoms with E-state index in [0.717, 1.165) is 27.8 Å². The van der Waals surface area contributed by atoms with Crippen LogP contribution in [0, 0.1) is 45.4 Å². The Labute approximate surface area is 214 Å². The Morgan fingerprint density at radius 2 is 1.42 bits per heavy atom. The van der Waals surface area contributed by atoms with Crippen LogP contribution in [0.5, 0.6) is 0 Å². The monoisotopic (exact) mass is 490 g/mol. The Balaban J connectivity index is 2.80. The number of hydrogen-bond acceptors (Lipinski definition) is 2. The van der Waals surface area contributed by atoms with Gasteiger partial charge in [-0.2, -0.15) is 0 Å². The summed E-state index contributed by atoms with van der Waals surface area (Å²) in [6.45, 7) is 20.1. The van der Waals surface area contributed by atoms with E-state index >= 15 is 0 Å². The minimum atomic E-state index is -1.75. The summed E-state index contributed by atoms with van der Waals surface area (Å²) in [5.74, 6) is 0. The molecule has 33 heavy (non-hydrogen) atoms. The van der Waals surface area contributed by atoms with E-state index in [-0.39, 0.29) is 5.11 Å². The van der Waals surface area contributed by atoms with E-state index in [1.54, 1.807) is 18.2 Å². The molecule has 3 nitrogen and oxygen atoms in total. The first kappa shape index (κ1) is 24.5. The molecule has 0 heterocycles. The summed E-state index contributed by atoms with van der Waals surface area (Å²) >= 11 is 12.0. The second-order valence-corrected chi connectivity index (χ2v) is 11.9. The van der Waals surface area contributed by atoms with Gasteiger partial charge < -0.3 is 15.7 Å². The quantitative estimate of drug-likeness (QED) is 0.388. The molecule has 0 saturated heterocycles. The topological polar surface area (TPSA) is 44.3 Å². The second-order valence-electron chi connectivity index (χ2n) is 11.1. The maximum absolute atomic E-state index is 12.7. The van der Waals surface area contributed by atoms with Crippen molar-refractivity contribution in [1.29, 1.82) is 0 Å². The first-order chi connectivity index (χ1) is 15.7. The van der Waals surface area contributed by atoms with Crippen LogP contribution in [0.15, 0.2) is 18.2 Å². The van der Waals surface area contributed by atoms with Crippen molar-refractivity contribution in [3.8, 4) is 0 Å². The van der Waals surface area contributed by atoms with Gasteiger partial charge in [0.15, 0.2) is 5.11 Å². The number of hydrogen-bond donors (Lipinski definition) is 3. The third kappa shape index (κ3) is 5.55. The fourth-order valence-electron chi connectivity index (χ4n) is 4.28. The van der Waals surface area contributed by atoms with Gasteiger partial charge in [-0.3, -0.25) is 0 Å². The minimum absolute atomic E-state index is 0.134. The molecule has 2 rings (SSSR count). The molecular weight excluding hydrogens is 448 g/mol. The van der Waals surface area contributed by atoms with Gasteiger partial charge in [-0.05, 0) is 109 Å². The predicted octanol–water partition coefficient (Wildman–Crippen LogP) is 7.50. The van der Waals surface area contributed by atoms with Crippen LogP contribution in [0.3, 0.4) is 0 Å². The number of halogens is 1. The Morgan fingerprint density at radius 3 is 1.88 bits per heavy atom. The number of nitrogens with one attached hydrogen (secondary N) is 2. The molecule has 0 aromatic heterocycles. The fourth-order valence-corrected chi connectivity index (χ4v) is 4.61. The molecule has 0 saturated carbocycles. The summed E-state index contributed by atoms with van der Waals surface area (Å²) < 4.78 is 16.8. The molecule has 2 aromatic carbocycles. The molecule has 1 unspecified atom stereocenters. The summed E-state index contributed by atoms with van der Waals surface area (Å²) in [5, 5.41) is 19.3. The Morgan fingerprint density at radius 1 is 0.939 bits per heavy atom. The zero-order chi connectivity index (χ0) is 27.3. The highest BCUT2D eigenvalue weighted by molar-refractivity contribution is 7.80. The number of thiocarbonyl (C=S) groups is 1. The second kappa shape index (κ2) is 9.56. The summed E-state index contributed by atoms with van der Waals surface area (Å²) in [4.78, 5) is 0. The molecule has 182 valence electrons. The third-order valence-electron chi connectivity index (χ3n) is 6.62. The molecule has 1 atom stereocenters. The van der Waals surface area contributed by atoms with Crippen LogP contribution >= 0.6 is 23.8 Å². The standard InChI is InChI=1S/C28H41ClN2OS/c1-16-17(2)19(4)24(20(5)18(16)3)28(32,27(9,10)11)22-14-21(29)12-13-23(22)31-25(33)30-15-26(6,7)8/h12-14,32H,15H2,1-11H3,(H2,30,31,33)/i15D2. The lowest BCUT2D eigenvalue weighted by molar-refractivity contribution is -0.0264. The number of anilines is 1. The Hall–Kier alpha value is -1.62. The summed E-state index contributed by atoms with van der Waals surface area (Å²) in [6.07, 6.45) is 0. The number of benzene rings is 2. The lowest BCUT2D eigenvalue weighted by Gasteiger charge is -2.45. The minimum Gasteiger partial charge on any atom is -0.380 e. The zero-order valence-electron chi connectivity index (χ0n) is 24.0. The van der Waals surface area contributed by atoms with Gasteiger partial charge in [-0.25, -0.2) is 0 Å². The average molecular weight is 491 g/mol. The molecule has 0 spiro atoms. The van der Waals surface area contributed by atoms with E-state index in [4.69, 9.17) is 26.6 Å². The van der Waals surface area contributed by atoms with Crippen LogP contribution in [0.1, 0.15) is 83.2 Å². The first-order valence-electron chi connectivity index (χ1n) is 12.4. The average Bonchev–Trinajstić information content (AvgIpc) is 2.70. The SMILES string of the molecule is [2H]C([2H])(NC(=S)Nc1ccc(Cl)cc1C(O)(c1c(C)c(C)c(C)c(C)c1C)C(C)(C)C)C(C)(C)C. The molecule has 2 aromatic rings. The molecule has 0 aliphatic carbocycles. The zero-order valence-corrected chi connectivity index (χ0v) is 23.5. The van der Waals surface area contributed by atoms with Crippen molar-refractivity contribution in [1.82, 2.24) is 5.32 Å². The van der Waals surface area contributed by atoms with Crippen LogP contribution < -0.4 is 10.6 Å². The van der Waals surface area contributed by atoms with Crippen molar-refractivity contribution >= 4 is 34.6 Å². The van der Waals surface area contributed by atoms with E-state index in [9.17, 15) is 5.11 Å². The van der Waals surface area contributed by atoms with Gasteiger partial charge in [0.1, 0.15) is 5.60 Å². The van der Waals surface area contributed by atoms with Crippen molar-refractivity contribution < 1.29 is 7.85 Å². The van der Waals surface area contributed by atoms with Crippen LogP contribution in [-0.2, 0) is 5.60 Å². The maximum Gasteiger partial charge on any atom is 0.170 e. The lowest BCUT2D eigenvalue weighted by atomic mass is 9.64. The smallest absolute Gasteiger partial charge is 0.170 e. The highest BCUT2D eigenvalue weighted by Gasteiger charge is 2.47. The Kier molecular flexibility index (Phi) is 7.10. The summed E-state index contributed by atoms with van der Waals surface area (Å²) in [5.41, 5.74) is 4.91. The van der Waals surface area contributed by atoms with Crippen LogP contribution in [-0.4, -0.2) is 16.7 Å². The van der Waals surface area contributed by atoms with E-state index in [0.29, 0.717) is 16.3 Å². The van der Waals surface area contributed by atoms with Gasteiger partial charge in [0.05, 0.1) is 0 Å². The van der Waals surface area contributed by atoms with Crippen LogP contribution in [0.25, 0.3) is 0 Å². The van der Waals surface area contributed by atoms with Crippen molar-refractivity contribution in [2.24, 2.45) is 10.8 Å². The predicted molar refractivity (Wildman–Crippen MR) is 148 cm³/mol. The molecule has 0 bridgehead atoms. The van der Waals surface area contributed by atoms with Crippen molar-refractivity contribution in [3.05, 3.63) is 62.2 Å². The maximum atomic E-state index is 12.7. The van der Waals surface area contributed by atoms with E-state index < -0.39 is 22.9 Å². The molecule has 0 aliphatic heterocycles. The van der Waals surface area contributed by atoms with Gasteiger partial charge in [0.25, 0.3) is 0 Å². The highest BCUT2D eigenvalue weighted by Crippen LogP contribution is 2.51. The third-order valence-corrected chi connectivity index (χ3v) is 7.06. The molecule has 0 amide bonds. The number of rotatable bonds is 4. The normalized spacial score (nSPS) is 15.4. The van der Waals surface area contributed by atoms with Gasteiger partial charge in [0, 0.05) is 25.5 Å². The van der Waals surface area contributed by atoms with Gasteiger partial charge in [0.2, 0.25) is 0 Å². The molecule has 0 fully saturated rings. The molecule has 3 N–H and O–H groups in total. The van der Waals surface area contributed by atoms with Crippen LogP contribution in [0.2, 0.25) is 5.02 Å². The molecule has 0 aliphatic rings. The Bertz CT molecular complexity index is 1120. The van der Waals surface area contributed by atoms with Gasteiger partial charge in [-0.1, -0.05) is 53.1 Å². The summed E-state index contributed by atoms with van der Waals surface area (Å²) in [7, 11) is 0. The van der Waals surface area contributed by atoms with Crippen molar-refractivity contribution in [2.45, 2.75) is 81.8 Å². The van der Waals surface area contributed by atoms with Crippen LogP contribution in [0.4, 0.5) is 5.69 Å². The van der Waals surface area contributed by atoms with E-state index in [1.165, 1.54) is 5.56 Å².